The fraction of sp³-hybridized carbons (Fsp3) is 0.273. The Labute approximate surface area is 115 Å². The molecule has 0 aromatic heterocycles. The lowest BCUT2D eigenvalue weighted by Crippen LogP contribution is -2.45. The van der Waals surface area contributed by atoms with Crippen LogP contribution in [0, 0.1) is 5.92 Å². The number of anilines is 1. The van der Waals surface area contributed by atoms with Gasteiger partial charge in [0.1, 0.15) is 0 Å². The molecule has 0 spiro atoms. The molecule has 0 aliphatic rings. The summed E-state index contributed by atoms with van der Waals surface area (Å²) in [6.07, 6.45) is 0. The lowest BCUT2D eigenvalue weighted by atomic mass is 10.2. The van der Waals surface area contributed by atoms with Crippen LogP contribution < -0.4 is 16.2 Å². The van der Waals surface area contributed by atoms with Gasteiger partial charge in [0.25, 0.3) is 0 Å². The van der Waals surface area contributed by atoms with Gasteiger partial charge in [-0.3, -0.25) is 10.2 Å². The molecule has 0 heterocycles. The molecule has 18 heavy (non-hydrogen) atoms. The smallest absolute Gasteiger partial charge is 0.307 e. The number of benzene rings is 1. The summed E-state index contributed by atoms with van der Waals surface area (Å²) in [5.41, 5.74) is 4.96. The van der Waals surface area contributed by atoms with E-state index >= 15 is 0 Å². The molecule has 3 amide bonds. The van der Waals surface area contributed by atoms with Crippen molar-refractivity contribution in [2.75, 3.05) is 5.32 Å². The van der Waals surface area contributed by atoms with Crippen molar-refractivity contribution in [3.05, 3.63) is 28.2 Å². The van der Waals surface area contributed by atoms with Crippen LogP contribution in [0.15, 0.2) is 18.2 Å². The number of hydrogen-bond acceptors (Lipinski definition) is 2. The van der Waals surface area contributed by atoms with Crippen molar-refractivity contribution in [2.45, 2.75) is 13.8 Å². The Balaban J connectivity index is 2.49. The second-order valence-corrected chi connectivity index (χ2v) is 4.67. The summed E-state index contributed by atoms with van der Waals surface area (Å²) in [5.74, 6) is -0.491. The maximum Gasteiger partial charge on any atom is 0.337 e. The van der Waals surface area contributed by atoms with Crippen molar-refractivity contribution >= 4 is 40.8 Å². The van der Waals surface area contributed by atoms with E-state index in [0.717, 1.165) is 0 Å². The van der Waals surface area contributed by atoms with Gasteiger partial charge in [-0.1, -0.05) is 37.0 Å². The van der Waals surface area contributed by atoms with Gasteiger partial charge in [0, 0.05) is 11.6 Å². The highest BCUT2D eigenvalue weighted by molar-refractivity contribution is 6.42. The third-order valence-corrected chi connectivity index (χ3v) is 2.74. The fourth-order valence-corrected chi connectivity index (χ4v) is 1.30. The summed E-state index contributed by atoms with van der Waals surface area (Å²) in [5, 5.41) is 3.23. The molecule has 0 atom stereocenters. The third-order valence-electron chi connectivity index (χ3n) is 2.00. The van der Waals surface area contributed by atoms with E-state index in [1.165, 1.54) is 6.07 Å². The number of carbonyl (C=O) groups excluding carboxylic acids is 2. The molecule has 1 rings (SSSR count). The molecule has 3 N–H and O–H groups in total. The topological polar surface area (TPSA) is 70.2 Å². The first kappa shape index (κ1) is 14.6. The minimum absolute atomic E-state index is 0.213. The van der Waals surface area contributed by atoms with Gasteiger partial charge in [-0.25, -0.2) is 10.2 Å². The molecule has 0 saturated heterocycles. The summed E-state index contributed by atoms with van der Waals surface area (Å²) < 4.78 is 0. The Morgan fingerprint density at radius 3 is 2.33 bits per heavy atom. The quantitative estimate of drug-likeness (QED) is 0.733. The predicted octanol–water partition coefficient (Wildman–Crippen LogP) is 2.80. The van der Waals surface area contributed by atoms with Crippen molar-refractivity contribution < 1.29 is 9.59 Å². The number of nitrogens with one attached hydrogen (secondary N) is 3. The third kappa shape index (κ3) is 4.43. The number of hydrogen-bond donors (Lipinski definition) is 3. The lowest BCUT2D eigenvalue weighted by molar-refractivity contribution is -0.124. The molecule has 0 bridgehead atoms. The lowest BCUT2D eigenvalue weighted by Gasteiger charge is -2.10. The molecular formula is C11H13Cl2N3O2. The van der Waals surface area contributed by atoms with Crippen LogP contribution in [-0.2, 0) is 4.79 Å². The van der Waals surface area contributed by atoms with Crippen LogP contribution >= 0.6 is 23.2 Å². The normalized spacial score (nSPS) is 10.1. The molecule has 0 unspecified atom stereocenters. The van der Waals surface area contributed by atoms with Crippen LogP contribution in [0.3, 0.4) is 0 Å². The van der Waals surface area contributed by atoms with Gasteiger partial charge in [-0.2, -0.15) is 0 Å². The van der Waals surface area contributed by atoms with Gasteiger partial charge < -0.3 is 5.32 Å². The van der Waals surface area contributed by atoms with Gasteiger partial charge >= 0.3 is 6.03 Å². The minimum Gasteiger partial charge on any atom is -0.307 e. The van der Waals surface area contributed by atoms with Crippen molar-refractivity contribution in [3.8, 4) is 0 Å². The fourth-order valence-electron chi connectivity index (χ4n) is 0.999. The summed E-state index contributed by atoms with van der Waals surface area (Å²) >= 11 is 11.5. The van der Waals surface area contributed by atoms with E-state index in [0.29, 0.717) is 15.7 Å². The molecule has 1 aromatic rings. The standard InChI is InChI=1S/C11H13Cl2N3O2/c1-6(2)10(17)15-16-11(18)14-7-3-4-8(12)9(13)5-7/h3-6H,1-2H3,(H,15,17)(H2,14,16,18). The molecule has 0 aliphatic heterocycles. The van der Waals surface area contributed by atoms with E-state index < -0.39 is 6.03 Å². The zero-order valence-electron chi connectivity index (χ0n) is 9.88. The van der Waals surface area contributed by atoms with Gasteiger partial charge in [0.2, 0.25) is 5.91 Å². The number of carbonyl (C=O) groups is 2. The second kappa shape index (κ2) is 6.47. The first-order valence-electron chi connectivity index (χ1n) is 5.22. The van der Waals surface area contributed by atoms with Crippen molar-refractivity contribution in [1.29, 1.82) is 0 Å². The van der Waals surface area contributed by atoms with Crippen LogP contribution in [0.2, 0.25) is 10.0 Å². The van der Waals surface area contributed by atoms with Crippen LogP contribution in [-0.4, -0.2) is 11.9 Å². The van der Waals surface area contributed by atoms with Crippen molar-refractivity contribution in [3.63, 3.8) is 0 Å². The van der Waals surface area contributed by atoms with Crippen molar-refractivity contribution in [2.24, 2.45) is 5.92 Å². The highest BCUT2D eigenvalue weighted by Gasteiger charge is 2.08. The molecule has 5 nitrogen and oxygen atoms in total. The largest absolute Gasteiger partial charge is 0.337 e. The molecule has 0 radical (unpaired) electrons. The Morgan fingerprint density at radius 1 is 1.11 bits per heavy atom. The van der Waals surface area contributed by atoms with E-state index in [4.69, 9.17) is 23.2 Å². The summed E-state index contributed by atoms with van der Waals surface area (Å²) in [6, 6.07) is 4.10. The molecule has 0 aliphatic carbocycles. The van der Waals surface area contributed by atoms with Crippen LogP contribution in [0.4, 0.5) is 10.5 Å². The Morgan fingerprint density at radius 2 is 1.78 bits per heavy atom. The molecule has 98 valence electrons. The van der Waals surface area contributed by atoms with Gasteiger partial charge in [-0.05, 0) is 18.2 Å². The van der Waals surface area contributed by atoms with E-state index in [-0.39, 0.29) is 11.8 Å². The van der Waals surface area contributed by atoms with E-state index in [1.807, 2.05) is 0 Å². The van der Waals surface area contributed by atoms with Gasteiger partial charge in [0.15, 0.2) is 0 Å². The Bertz CT molecular complexity index is 464. The minimum atomic E-state index is -0.567. The number of hydrazine groups is 1. The average molecular weight is 290 g/mol. The predicted molar refractivity (Wildman–Crippen MR) is 71.6 cm³/mol. The summed E-state index contributed by atoms with van der Waals surface area (Å²) in [6.45, 7) is 3.43. The zero-order chi connectivity index (χ0) is 13.7. The monoisotopic (exact) mass is 289 g/mol. The summed E-state index contributed by atoms with van der Waals surface area (Å²) in [7, 11) is 0. The highest BCUT2D eigenvalue weighted by Crippen LogP contribution is 2.24. The molecule has 0 fully saturated rings. The highest BCUT2D eigenvalue weighted by atomic mass is 35.5. The number of urea groups is 1. The Kier molecular flexibility index (Phi) is 5.25. The molecule has 7 heteroatoms. The van der Waals surface area contributed by atoms with Crippen molar-refractivity contribution in [1.82, 2.24) is 10.9 Å². The second-order valence-electron chi connectivity index (χ2n) is 3.85. The number of rotatable bonds is 2. The van der Waals surface area contributed by atoms with E-state index in [1.54, 1.807) is 26.0 Å². The van der Waals surface area contributed by atoms with E-state index in [2.05, 4.69) is 16.2 Å². The maximum atomic E-state index is 11.4. The van der Waals surface area contributed by atoms with Crippen LogP contribution in [0.1, 0.15) is 13.8 Å². The Hall–Kier alpha value is -1.46. The number of amides is 3. The molecule has 0 saturated carbocycles. The molecular weight excluding hydrogens is 277 g/mol. The van der Waals surface area contributed by atoms with Gasteiger partial charge in [-0.15, -0.1) is 0 Å². The summed E-state index contributed by atoms with van der Waals surface area (Å²) in [4.78, 5) is 22.6. The van der Waals surface area contributed by atoms with Crippen LogP contribution in [0.25, 0.3) is 0 Å². The van der Waals surface area contributed by atoms with Gasteiger partial charge in [0.05, 0.1) is 10.0 Å². The first-order valence-corrected chi connectivity index (χ1v) is 5.97. The van der Waals surface area contributed by atoms with Crippen LogP contribution in [0.5, 0.6) is 0 Å². The SMILES string of the molecule is CC(C)C(=O)NNC(=O)Nc1ccc(Cl)c(Cl)c1. The zero-order valence-corrected chi connectivity index (χ0v) is 11.4. The molecule has 1 aromatic carbocycles. The maximum absolute atomic E-state index is 11.4. The average Bonchev–Trinajstić information content (AvgIpc) is 2.30. The number of halogens is 2. The first-order chi connectivity index (χ1) is 8.40. The van der Waals surface area contributed by atoms with E-state index in [9.17, 15) is 9.59 Å².